The summed E-state index contributed by atoms with van der Waals surface area (Å²) in [6.45, 7) is 0.686. The molecule has 0 saturated carbocycles. The molecule has 0 aliphatic rings. The molecular formula is C25H19ClNO4+. The maximum atomic E-state index is 12.6. The van der Waals surface area contributed by atoms with Gasteiger partial charge < -0.3 is 9.15 Å². The Morgan fingerprint density at radius 2 is 1.87 bits per heavy atom. The van der Waals surface area contributed by atoms with Crippen LogP contribution in [0.4, 0.5) is 0 Å². The number of ether oxygens (including phenoxy) is 1. The standard InChI is InChI=1S/C25H19ClNO4/c1-30-23-7-3-5-19-15-21(25(29)31-24(19)23)22(28)9-8-17-10-12-27(13-11-17)16-18-4-2-6-20(26)14-18/h2-15H,16H2,1H3/q+1/b9-8+. The van der Waals surface area contributed by atoms with Crippen LogP contribution >= 0.6 is 11.6 Å². The zero-order valence-corrected chi connectivity index (χ0v) is 17.5. The summed E-state index contributed by atoms with van der Waals surface area (Å²) in [5, 5.41) is 1.32. The van der Waals surface area contributed by atoms with Gasteiger partial charge in [-0.05, 0) is 35.9 Å². The largest absolute Gasteiger partial charge is 0.493 e. The number of carbonyl (C=O) groups excluding carboxylic acids is 1. The summed E-state index contributed by atoms with van der Waals surface area (Å²) < 4.78 is 12.5. The Bertz CT molecular complexity index is 1340. The van der Waals surface area contributed by atoms with Crippen molar-refractivity contribution < 1.29 is 18.5 Å². The van der Waals surface area contributed by atoms with Crippen LogP contribution in [-0.4, -0.2) is 12.9 Å². The van der Waals surface area contributed by atoms with Crippen LogP contribution in [0.25, 0.3) is 17.0 Å². The molecule has 0 fully saturated rings. The van der Waals surface area contributed by atoms with Crippen LogP contribution in [0.3, 0.4) is 0 Å². The lowest BCUT2D eigenvalue weighted by molar-refractivity contribution is -0.688. The van der Waals surface area contributed by atoms with E-state index >= 15 is 0 Å². The van der Waals surface area contributed by atoms with Gasteiger partial charge in [0.15, 0.2) is 36.1 Å². The van der Waals surface area contributed by atoms with Crippen molar-refractivity contribution in [3.8, 4) is 5.75 Å². The monoisotopic (exact) mass is 432 g/mol. The number of para-hydroxylation sites is 1. The highest BCUT2D eigenvalue weighted by molar-refractivity contribution is 6.30. The number of hydrogen-bond donors (Lipinski definition) is 0. The molecule has 0 radical (unpaired) electrons. The minimum Gasteiger partial charge on any atom is -0.493 e. The molecule has 0 bridgehead atoms. The van der Waals surface area contributed by atoms with Gasteiger partial charge in [0.2, 0.25) is 0 Å². The fourth-order valence-corrected chi connectivity index (χ4v) is 3.46. The minimum absolute atomic E-state index is 0.0241. The number of pyridine rings is 1. The predicted molar refractivity (Wildman–Crippen MR) is 120 cm³/mol. The first-order chi connectivity index (χ1) is 15.0. The minimum atomic E-state index is -0.695. The van der Waals surface area contributed by atoms with Gasteiger partial charge in [0.25, 0.3) is 0 Å². The molecule has 2 heterocycles. The maximum Gasteiger partial charge on any atom is 0.347 e. The molecule has 31 heavy (non-hydrogen) atoms. The highest BCUT2D eigenvalue weighted by Gasteiger charge is 2.13. The summed E-state index contributed by atoms with van der Waals surface area (Å²) in [5.74, 6) is 0.0219. The van der Waals surface area contributed by atoms with Gasteiger partial charge >= 0.3 is 5.63 Å². The van der Waals surface area contributed by atoms with E-state index in [9.17, 15) is 9.59 Å². The molecule has 0 aliphatic carbocycles. The number of methoxy groups -OCH3 is 1. The second kappa shape index (κ2) is 8.98. The Hall–Kier alpha value is -3.70. The third-order valence-corrected chi connectivity index (χ3v) is 5.04. The summed E-state index contributed by atoms with van der Waals surface area (Å²) >= 11 is 6.03. The van der Waals surface area contributed by atoms with Crippen molar-refractivity contribution in [3.05, 3.63) is 111 Å². The summed E-state index contributed by atoms with van der Waals surface area (Å²) in [7, 11) is 1.50. The quantitative estimate of drug-likeness (QED) is 0.192. The lowest BCUT2D eigenvalue weighted by atomic mass is 10.1. The molecule has 0 unspecified atom stereocenters. The Morgan fingerprint density at radius 1 is 1.10 bits per heavy atom. The number of benzene rings is 2. The molecule has 0 atom stereocenters. The number of nitrogens with zero attached hydrogens (tertiary/aromatic N) is 1. The maximum absolute atomic E-state index is 12.6. The molecule has 0 saturated heterocycles. The van der Waals surface area contributed by atoms with Crippen molar-refractivity contribution in [2.75, 3.05) is 7.11 Å². The fourth-order valence-electron chi connectivity index (χ4n) is 3.24. The number of hydrogen-bond acceptors (Lipinski definition) is 4. The van der Waals surface area contributed by atoms with Crippen LogP contribution in [0.2, 0.25) is 5.02 Å². The first-order valence-corrected chi connectivity index (χ1v) is 9.98. The zero-order valence-electron chi connectivity index (χ0n) is 16.7. The number of carbonyl (C=O) groups is 1. The molecule has 6 heteroatoms. The molecule has 0 aliphatic heterocycles. The molecule has 0 N–H and O–H groups in total. The van der Waals surface area contributed by atoms with Crippen LogP contribution in [0.5, 0.6) is 5.75 Å². The molecule has 2 aromatic heterocycles. The lowest BCUT2D eigenvalue weighted by Gasteiger charge is -2.04. The predicted octanol–water partition coefficient (Wildman–Crippen LogP) is 4.69. The highest BCUT2D eigenvalue weighted by Crippen LogP contribution is 2.24. The van der Waals surface area contributed by atoms with E-state index in [0.717, 1.165) is 11.1 Å². The molecule has 4 rings (SSSR count). The average Bonchev–Trinajstić information content (AvgIpc) is 2.77. The molecular weight excluding hydrogens is 414 g/mol. The first-order valence-electron chi connectivity index (χ1n) is 9.60. The van der Waals surface area contributed by atoms with Gasteiger partial charge in [-0.25, -0.2) is 9.36 Å². The van der Waals surface area contributed by atoms with Crippen LogP contribution in [0, 0.1) is 0 Å². The number of aromatic nitrogens is 1. The molecule has 2 aromatic carbocycles. The van der Waals surface area contributed by atoms with E-state index in [-0.39, 0.29) is 5.56 Å². The normalized spacial score (nSPS) is 11.2. The average molecular weight is 433 g/mol. The van der Waals surface area contributed by atoms with E-state index in [1.165, 1.54) is 19.3 Å². The lowest BCUT2D eigenvalue weighted by Crippen LogP contribution is -2.33. The Kier molecular flexibility index (Phi) is 5.96. The first kappa shape index (κ1) is 20.6. The van der Waals surface area contributed by atoms with E-state index in [1.54, 1.807) is 24.3 Å². The SMILES string of the molecule is COc1cccc2cc(C(=O)/C=C/c3cc[n+](Cc4cccc(Cl)c4)cc3)c(=O)oc12. The third kappa shape index (κ3) is 4.73. The molecule has 0 amide bonds. The van der Waals surface area contributed by atoms with Crippen LogP contribution < -0.4 is 14.9 Å². The highest BCUT2D eigenvalue weighted by atomic mass is 35.5. The summed E-state index contributed by atoms with van der Waals surface area (Å²) in [5.41, 5.74) is 1.53. The number of rotatable bonds is 6. The Labute approximate surface area is 183 Å². The number of fused-ring (bicyclic) bond motifs is 1. The molecule has 4 aromatic rings. The van der Waals surface area contributed by atoms with Gasteiger partial charge in [-0.15, -0.1) is 0 Å². The second-order valence-corrected chi connectivity index (χ2v) is 7.39. The van der Waals surface area contributed by atoms with E-state index < -0.39 is 11.4 Å². The van der Waals surface area contributed by atoms with Gasteiger partial charge in [-0.3, -0.25) is 4.79 Å². The van der Waals surface area contributed by atoms with Gasteiger partial charge in [0.05, 0.1) is 7.11 Å². The molecule has 154 valence electrons. The number of ketones is 1. The van der Waals surface area contributed by atoms with Crippen LogP contribution in [0.1, 0.15) is 21.5 Å². The fraction of sp³-hybridized carbons (Fsp3) is 0.0800. The van der Waals surface area contributed by atoms with Crippen LogP contribution in [0.15, 0.2) is 88.3 Å². The summed E-state index contributed by atoms with van der Waals surface area (Å²) in [6.07, 6.45) is 6.87. The van der Waals surface area contributed by atoms with E-state index in [2.05, 4.69) is 0 Å². The van der Waals surface area contributed by atoms with Crippen molar-refractivity contribution in [2.24, 2.45) is 0 Å². The van der Waals surface area contributed by atoms with E-state index in [4.69, 9.17) is 20.8 Å². The van der Waals surface area contributed by atoms with Crippen molar-refractivity contribution in [3.63, 3.8) is 0 Å². The Morgan fingerprint density at radius 3 is 2.61 bits per heavy atom. The van der Waals surface area contributed by atoms with Gasteiger partial charge in [-0.1, -0.05) is 41.9 Å². The molecule has 5 nitrogen and oxygen atoms in total. The number of halogens is 1. The smallest absolute Gasteiger partial charge is 0.347 e. The third-order valence-electron chi connectivity index (χ3n) is 4.81. The second-order valence-electron chi connectivity index (χ2n) is 6.96. The van der Waals surface area contributed by atoms with Gasteiger partial charge in [0, 0.05) is 28.1 Å². The van der Waals surface area contributed by atoms with Crippen LogP contribution in [-0.2, 0) is 6.54 Å². The van der Waals surface area contributed by atoms with E-state index in [1.807, 2.05) is 53.4 Å². The topological polar surface area (TPSA) is 60.4 Å². The Balaban J connectivity index is 1.51. The van der Waals surface area contributed by atoms with Crippen molar-refractivity contribution >= 4 is 34.4 Å². The molecule has 0 spiro atoms. The number of allylic oxidation sites excluding steroid dienone is 1. The van der Waals surface area contributed by atoms with Crippen molar-refractivity contribution in [1.82, 2.24) is 0 Å². The van der Waals surface area contributed by atoms with Gasteiger partial charge in [-0.2, -0.15) is 0 Å². The zero-order chi connectivity index (χ0) is 21.8. The summed E-state index contributed by atoms with van der Waals surface area (Å²) in [4.78, 5) is 24.9. The van der Waals surface area contributed by atoms with Gasteiger partial charge in [0.1, 0.15) is 5.56 Å². The summed E-state index contributed by atoms with van der Waals surface area (Å²) in [6, 6.07) is 18.2. The van der Waals surface area contributed by atoms with Crippen molar-refractivity contribution in [1.29, 1.82) is 0 Å². The van der Waals surface area contributed by atoms with Crippen molar-refractivity contribution in [2.45, 2.75) is 6.54 Å². The van der Waals surface area contributed by atoms with E-state index in [0.29, 0.717) is 28.3 Å².